The highest BCUT2D eigenvalue weighted by Crippen LogP contribution is 1.94. The Balaban J connectivity index is 3.33. The van der Waals surface area contributed by atoms with E-state index in [2.05, 4.69) is 19.5 Å². The average molecular weight is 159 g/mol. The first-order valence-corrected chi connectivity index (χ1v) is 3.10. The summed E-state index contributed by atoms with van der Waals surface area (Å²) in [5.41, 5.74) is -0.939. The van der Waals surface area contributed by atoms with E-state index < -0.39 is 11.2 Å². The van der Waals surface area contributed by atoms with Crippen LogP contribution in [0.15, 0.2) is 15.7 Å². The molecule has 0 amide bonds. The minimum atomic E-state index is -0.516. The molecule has 1 rings (SSSR count). The van der Waals surface area contributed by atoms with Crippen molar-refractivity contribution in [2.24, 2.45) is 0 Å². The van der Waals surface area contributed by atoms with Crippen molar-refractivity contribution in [1.82, 2.24) is 9.97 Å². The Bertz CT molecular complexity index is 300. The number of aromatic amines is 2. The number of aromatic nitrogens is 2. The first kappa shape index (κ1) is 7.02. The van der Waals surface area contributed by atoms with E-state index in [9.17, 15) is 9.59 Å². The molecule has 6 heteroatoms. The second-order valence-corrected chi connectivity index (χ2v) is 1.93. The molecular formula is C4H6N3O2P. The number of hydrogen-bond donors (Lipinski definition) is 3. The predicted octanol–water partition coefficient (Wildman–Crippen LogP) is -0.735. The monoisotopic (exact) mass is 159 g/mol. The van der Waals surface area contributed by atoms with E-state index in [-0.39, 0.29) is 0 Å². The highest BCUT2D eigenvalue weighted by Gasteiger charge is 1.90. The van der Waals surface area contributed by atoms with Crippen molar-refractivity contribution in [2.75, 3.05) is 5.09 Å². The summed E-state index contributed by atoms with van der Waals surface area (Å²) >= 11 is 0. The largest absolute Gasteiger partial charge is 0.356 e. The molecule has 10 heavy (non-hydrogen) atoms. The zero-order valence-corrected chi connectivity index (χ0v) is 6.13. The number of nitrogens with one attached hydrogen (secondary N) is 3. The number of anilines is 1. The van der Waals surface area contributed by atoms with Crippen LogP contribution in [0, 0.1) is 0 Å². The number of hydrogen-bond acceptors (Lipinski definition) is 3. The van der Waals surface area contributed by atoms with Crippen LogP contribution in [-0.2, 0) is 0 Å². The minimum Gasteiger partial charge on any atom is -0.356 e. The maximum atomic E-state index is 10.5. The summed E-state index contributed by atoms with van der Waals surface area (Å²) in [5.74, 6) is 0.374. The summed E-state index contributed by atoms with van der Waals surface area (Å²) in [6.45, 7) is 0. The molecule has 0 saturated heterocycles. The second kappa shape index (κ2) is 2.66. The molecule has 1 atom stereocenters. The fourth-order valence-electron chi connectivity index (χ4n) is 0.546. The minimum absolute atomic E-state index is 0.374. The molecule has 0 aliphatic rings. The Morgan fingerprint density at radius 2 is 2.10 bits per heavy atom. The Labute approximate surface area is 58.1 Å². The summed E-state index contributed by atoms with van der Waals surface area (Å²) in [6.07, 6.45) is 0. The van der Waals surface area contributed by atoms with Crippen molar-refractivity contribution in [2.45, 2.75) is 0 Å². The van der Waals surface area contributed by atoms with E-state index in [4.69, 9.17) is 0 Å². The Morgan fingerprint density at radius 1 is 1.40 bits per heavy atom. The fraction of sp³-hybridized carbons (Fsp3) is 0. The quantitative estimate of drug-likeness (QED) is 0.472. The van der Waals surface area contributed by atoms with Crippen molar-refractivity contribution in [3.05, 3.63) is 26.9 Å². The van der Waals surface area contributed by atoms with Gasteiger partial charge < -0.3 is 5.09 Å². The molecule has 0 saturated carbocycles. The average Bonchev–Trinajstić information content (AvgIpc) is 1.85. The van der Waals surface area contributed by atoms with Gasteiger partial charge >= 0.3 is 5.69 Å². The molecule has 1 unspecified atom stereocenters. The van der Waals surface area contributed by atoms with E-state index in [0.29, 0.717) is 5.82 Å². The van der Waals surface area contributed by atoms with Gasteiger partial charge in [-0.25, -0.2) is 4.79 Å². The van der Waals surface area contributed by atoms with E-state index in [1.807, 2.05) is 4.98 Å². The lowest BCUT2D eigenvalue weighted by molar-refractivity contribution is 1.05. The summed E-state index contributed by atoms with van der Waals surface area (Å²) in [7, 11) is 2.17. The van der Waals surface area contributed by atoms with Crippen molar-refractivity contribution in [3.63, 3.8) is 0 Å². The Kier molecular flexibility index (Phi) is 1.87. The van der Waals surface area contributed by atoms with Crippen LogP contribution in [0.3, 0.4) is 0 Å². The zero-order valence-electron chi connectivity index (χ0n) is 4.97. The van der Waals surface area contributed by atoms with Crippen LogP contribution in [0.4, 0.5) is 5.82 Å². The molecule has 0 bridgehead atoms. The van der Waals surface area contributed by atoms with Crippen LogP contribution in [-0.4, -0.2) is 9.97 Å². The first-order valence-electron chi connectivity index (χ1n) is 2.52. The van der Waals surface area contributed by atoms with Gasteiger partial charge in [0.1, 0.15) is 5.82 Å². The summed E-state index contributed by atoms with van der Waals surface area (Å²) in [6, 6.07) is 1.24. The van der Waals surface area contributed by atoms with Crippen molar-refractivity contribution in [1.29, 1.82) is 0 Å². The number of H-pyrrole nitrogens is 2. The molecule has 3 N–H and O–H groups in total. The van der Waals surface area contributed by atoms with Crippen LogP contribution in [0.1, 0.15) is 0 Å². The molecule has 0 aliphatic carbocycles. The fourth-order valence-corrected chi connectivity index (χ4v) is 0.702. The van der Waals surface area contributed by atoms with Crippen LogP contribution < -0.4 is 16.3 Å². The Morgan fingerprint density at radius 3 is 2.60 bits per heavy atom. The lowest BCUT2D eigenvalue weighted by Crippen LogP contribution is -2.21. The molecule has 0 fully saturated rings. The maximum Gasteiger partial charge on any atom is 0.327 e. The van der Waals surface area contributed by atoms with Gasteiger partial charge in [0, 0.05) is 6.07 Å². The van der Waals surface area contributed by atoms with Gasteiger partial charge in [-0.15, -0.1) is 0 Å². The smallest absolute Gasteiger partial charge is 0.327 e. The van der Waals surface area contributed by atoms with Crippen LogP contribution in [0.2, 0.25) is 0 Å². The third kappa shape index (κ3) is 1.45. The topological polar surface area (TPSA) is 77.8 Å². The summed E-state index contributed by atoms with van der Waals surface area (Å²) in [4.78, 5) is 25.4. The van der Waals surface area contributed by atoms with Crippen molar-refractivity contribution < 1.29 is 0 Å². The first-order chi connectivity index (χ1) is 4.72. The third-order valence-electron chi connectivity index (χ3n) is 0.916. The van der Waals surface area contributed by atoms with Crippen LogP contribution in [0.25, 0.3) is 0 Å². The van der Waals surface area contributed by atoms with Crippen LogP contribution in [0.5, 0.6) is 0 Å². The standard InChI is InChI=1S/C4H6N3O2P/c8-3-1-2(7-10)5-4(9)6-3/h1H,10H2,(H3,5,6,7,8,9). The van der Waals surface area contributed by atoms with Crippen LogP contribution >= 0.6 is 9.39 Å². The van der Waals surface area contributed by atoms with E-state index in [1.54, 1.807) is 0 Å². The number of rotatable bonds is 1. The predicted molar refractivity (Wildman–Crippen MR) is 41.0 cm³/mol. The van der Waals surface area contributed by atoms with Crippen molar-refractivity contribution in [3.8, 4) is 0 Å². The van der Waals surface area contributed by atoms with E-state index in [1.165, 1.54) is 6.07 Å². The van der Waals surface area contributed by atoms with Gasteiger partial charge in [0.15, 0.2) is 0 Å². The van der Waals surface area contributed by atoms with Gasteiger partial charge in [0.05, 0.1) is 0 Å². The summed E-state index contributed by atoms with van der Waals surface area (Å²) < 4.78 is 0. The Hall–Kier alpha value is -1.09. The molecule has 54 valence electrons. The van der Waals surface area contributed by atoms with Gasteiger partial charge in [0.25, 0.3) is 5.56 Å². The van der Waals surface area contributed by atoms with Gasteiger partial charge in [-0.1, -0.05) is 0 Å². The molecule has 5 nitrogen and oxygen atoms in total. The van der Waals surface area contributed by atoms with E-state index >= 15 is 0 Å². The van der Waals surface area contributed by atoms with E-state index in [0.717, 1.165) is 0 Å². The maximum absolute atomic E-state index is 10.5. The zero-order chi connectivity index (χ0) is 7.56. The normalized spacial score (nSPS) is 9.30. The second-order valence-electron chi connectivity index (χ2n) is 1.65. The van der Waals surface area contributed by atoms with Gasteiger partial charge in [-0.2, -0.15) is 0 Å². The highest BCUT2D eigenvalue weighted by molar-refractivity contribution is 7.18. The molecule has 0 spiro atoms. The SMILES string of the molecule is O=c1cc(NP)[nH]c(=O)[nH]1. The molecule has 0 aromatic carbocycles. The van der Waals surface area contributed by atoms with Gasteiger partial charge in [-0.3, -0.25) is 14.8 Å². The van der Waals surface area contributed by atoms with Crippen molar-refractivity contribution >= 4 is 15.2 Å². The molecular weight excluding hydrogens is 153 g/mol. The van der Waals surface area contributed by atoms with Gasteiger partial charge in [-0.05, 0) is 9.39 Å². The molecule has 1 aromatic heterocycles. The highest BCUT2D eigenvalue weighted by atomic mass is 31.0. The van der Waals surface area contributed by atoms with Gasteiger partial charge in [0.2, 0.25) is 0 Å². The third-order valence-corrected chi connectivity index (χ3v) is 1.23. The molecule has 0 radical (unpaired) electrons. The molecule has 0 aliphatic heterocycles. The lowest BCUT2D eigenvalue weighted by atomic mass is 10.6. The molecule has 1 heterocycles. The summed E-state index contributed by atoms with van der Waals surface area (Å²) in [5, 5.41) is 2.55. The molecule has 1 aromatic rings. The lowest BCUT2D eigenvalue weighted by Gasteiger charge is -1.94.